The molecule has 4 heteroatoms. The highest BCUT2D eigenvalue weighted by atomic mass is 16.3. The highest BCUT2D eigenvalue weighted by Crippen LogP contribution is 2.32. The van der Waals surface area contributed by atoms with Crippen LogP contribution in [0.2, 0.25) is 0 Å². The maximum absolute atomic E-state index is 10.8. The molecular weight excluding hydrogens is 288 g/mol. The summed E-state index contributed by atoms with van der Waals surface area (Å²) in [6, 6.07) is 7.98. The van der Waals surface area contributed by atoms with Gasteiger partial charge in [-0.3, -0.25) is 4.98 Å². The maximum Gasteiger partial charge on any atom is 0.107 e. The Morgan fingerprint density at radius 3 is 2.70 bits per heavy atom. The summed E-state index contributed by atoms with van der Waals surface area (Å²) in [5, 5.41) is 10.8. The maximum atomic E-state index is 10.8. The molecule has 0 unspecified atom stereocenters. The van der Waals surface area contributed by atoms with Crippen molar-refractivity contribution in [3.8, 4) is 0 Å². The highest BCUT2D eigenvalue weighted by Gasteiger charge is 2.34. The van der Waals surface area contributed by atoms with Crippen molar-refractivity contribution in [3.05, 3.63) is 53.7 Å². The number of pyridine rings is 1. The van der Waals surface area contributed by atoms with Crippen molar-refractivity contribution in [3.63, 3.8) is 0 Å². The Balaban J connectivity index is 1.49. The third-order valence-electron chi connectivity index (χ3n) is 5.01. The van der Waals surface area contributed by atoms with Crippen LogP contribution in [-0.2, 0) is 5.60 Å². The Labute approximate surface area is 138 Å². The summed E-state index contributed by atoms with van der Waals surface area (Å²) in [5.74, 6) is 2.49. The van der Waals surface area contributed by atoms with Gasteiger partial charge in [0, 0.05) is 37.0 Å². The summed E-state index contributed by atoms with van der Waals surface area (Å²) in [7, 11) is 0. The van der Waals surface area contributed by atoms with Crippen LogP contribution in [0.15, 0.2) is 41.1 Å². The van der Waals surface area contributed by atoms with E-state index in [0.717, 1.165) is 56.0 Å². The zero-order valence-corrected chi connectivity index (χ0v) is 14.0. The van der Waals surface area contributed by atoms with Crippen LogP contribution in [0.4, 0.5) is 0 Å². The highest BCUT2D eigenvalue weighted by molar-refractivity contribution is 5.19. The van der Waals surface area contributed by atoms with Crippen molar-refractivity contribution >= 4 is 0 Å². The molecule has 2 aromatic heterocycles. The third-order valence-corrected chi connectivity index (χ3v) is 5.01. The van der Waals surface area contributed by atoms with Gasteiger partial charge in [0.2, 0.25) is 0 Å². The van der Waals surface area contributed by atoms with Crippen LogP contribution in [0.1, 0.15) is 49.2 Å². The molecule has 2 aromatic rings. The van der Waals surface area contributed by atoms with Gasteiger partial charge in [-0.25, -0.2) is 0 Å². The molecular formula is C19H26N2O2. The van der Waals surface area contributed by atoms with Crippen molar-refractivity contribution in [1.29, 1.82) is 0 Å². The van der Waals surface area contributed by atoms with Crippen LogP contribution in [-0.4, -0.2) is 34.6 Å². The fourth-order valence-electron chi connectivity index (χ4n) is 3.31. The lowest BCUT2D eigenvalue weighted by Gasteiger charge is -2.38. The lowest BCUT2D eigenvalue weighted by Crippen LogP contribution is -2.43. The monoisotopic (exact) mass is 314 g/mol. The minimum Gasteiger partial charge on any atom is -0.466 e. The fraction of sp³-hybridized carbons (Fsp3) is 0.526. The molecule has 0 amide bonds. The van der Waals surface area contributed by atoms with E-state index in [4.69, 9.17) is 4.42 Å². The number of furan rings is 1. The molecule has 124 valence electrons. The van der Waals surface area contributed by atoms with Crippen molar-refractivity contribution in [2.75, 3.05) is 19.6 Å². The molecule has 0 radical (unpaired) electrons. The second-order valence-corrected chi connectivity index (χ2v) is 6.75. The van der Waals surface area contributed by atoms with E-state index in [-0.39, 0.29) is 0 Å². The first-order valence-corrected chi connectivity index (χ1v) is 8.48. The molecule has 0 aromatic carbocycles. The quantitative estimate of drug-likeness (QED) is 0.918. The molecule has 3 rings (SSSR count). The van der Waals surface area contributed by atoms with Crippen molar-refractivity contribution in [1.82, 2.24) is 9.88 Å². The van der Waals surface area contributed by atoms with Gasteiger partial charge in [-0.2, -0.15) is 0 Å². The number of piperidine rings is 1. The molecule has 0 aliphatic carbocycles. The molecule has 1 aliphatic rings. The summed E-state index contributed by atoms with van der Waals surface area (Å²) < 4.78 is 5.71. The van der Waals surface area contributed by atoms with E-state index in [9.17, 15) is 5.11 Å². The van der Waals surface area contributed by atoms with Gasteiger partial charge in [-0.05, 0) is 50.9 Å². The summed E-state index contributed by atoms with van der Waals surface area (Å²) in [6.07, 6.45) is 6.16. The normalized spacial score (nSPS) is 19.6. The zero-order chi connectivity index (χ0) is 16.3. The summed E-state index contributed by atoms with van der Waals surface area (Å²) in [5.41, 5.74) is 0.230. The third kappa shape index (κ3) is 3.82. The predicted molar refractivity (Wildman–Crippen MR) is 90.3 cm³/mol. The van der Waals surface area contributed by atoms with Gasteiger partial charge in [-0.1, -0.05) is 13.0 Å². The standard InChI is InChI=1S/C19H26N2O2/c1-15(18-6-5-16(2)23-18)7-11-21-12-8-19(22,9-13-21)17-4-3-10-20-14-17/h3-6,10,14-15,22H,7-9,11-13H2,1-2H3/t15-/m1/s1. The largest absolute Gasteiger partial charge is 0.466 e. The van der Waals surface area contributed by atoms with Crippen LogP contribution in [0.3, 0.4) is 0 Å². The Bertz CT molecular complexity index is 615. The van der Waals surface area contributed by atoms with Crippen molar-refractivity contribution < 1.29 is 9.52 Å². The van der Waals surface area contributed by atoms with Crippen molar-refractivity contribution in [2.45, 2.75) is 44.6 Å². The van der Waals surface area contributed by atoms with Gasteiger partial charge >= 0.3 is 0 Å². The van der Waals surface area contributed by atoms with Crippen LogP contribution < -0.4 is 0 Å². The second-order valence-electron chi connectivity index (χ2n) is 6.75. The van der Waals surface area contributed by atoms with E-state index < -0.39 is 5.60 Å². The number of hydrogen-bond acceptors (Lipinski definition) is 4. The first-order chi connectivity index (χ1) is 11.1. The predicted octanol–water partition coefficient (Wildman–Crippen LogP) is 3.46. The number of rotatable bonds is 5. The molecule has 1 atom stereocenters. The average molecular weight is 314 g/mol. The molecule has 0 spiro atoms. The Hall–Kier alpha value is -1.65. The smallest absolute Gasteiger partial charge is 0.107 e. The van der Waals surface area contributed by atoms with Crippen LogP contribution in [0, 0.1) is 6.92 Å². The Morgan fingerprint density at radius 1 is 1.30 bits per heavy atom. The molecule has 1 fully saturated rings. The van der Waals surface area contributed by atoms with E-state index in [1.54, 1.807) is 12.4 Å². The van der Waals surface area contributed by atoms with Crippen LogP contribution in [0.5, 0.6) is 0 Å². The van der Waals surface area contributed by atoms with Gasteiger partial charge in [-0.15, -0.1) is 0 Å². The van der Waals surface area contributed by atoms with Gasteiger partial charge in [0.15, 0.2) is 0 Å². The minimum atomic E-state index is -0.714. The summed E-state index contributed by atoms with van der Waals surface area (Å²) >= 11 is 0. The molecule has 23 heavy (non-hydrogen) atoms. The molecule has 0 bridgehead atoms. The fourth-order valence-corrected chi connectivity index (χ4v) is 3.31. The van der Waals surface area contributed by atoms with E-state index >= 15 is 0 Å². The van der Waals surface area contributed by atoms with Gasteiger partial charge < -0.3 is 14.4 Å². The summed E-state index contributed by atoms with van der Waals surface area (Å²) in [4.78, 5) is 6.58. The van der Waals surface area contributed by atoms with E-state index in [1.807, 2.05) is 25.1 Å². The topological polar surface area (TPSA) is 49.5 Å². The number of aromatic nitrogens is 1. The van der Waals surface area contributed by atoms with Gasteiger partial charge in [0.1, 0.15) is 11.5 Å². The molecule has 1 N–H and O–H groups in total. The van der Waals surface area contributed by atoms with Crippen molar-refractivity contribution in [2.24, 2.45) is 0 Å². The van der Waals surface area contributed by atoms with Crippen LogP contribution in [0.25, 0.3) is 0 Å². The number of nitrogens with zero attached hydrogens (tertiary/aromatic N) is 2. The zero-order valence-electron chi connectivity index (χ0n) is 14.0. The second kappa shape index (κ2) is 6.85. The number of likely N-dealkylation sites (tertiary alicyclic amines) is 1. The Morgan fingerprint density at radius 2 is 2.09 bits per heavy atom. The minimum absolute atomic E-state index is 0.433. The summed E-state index contributed by atoms with van der Waals surface area (Å²) in [6.45, 7) is 7.10. The Kier molecular flexibility index (Phi) is 4.83. The first-order valence-electron chi connectivity index (χ1n) is 8.48. The average Bonchev–Trinajstić information content (AvgIpc) is 3.01. The number of hydrogen-bond donors (Lipinski definition) is 1. The van der Waals surface area contributed by atoms with Gasteiger partial charge in [0.25, 0.3) is 0 Å². The number of aliphatic hydroxyl groups is 1. The lowest BCUT2D eigenvalue weighted by molar-refractivity contribution is -0.0265. The molecule has 4 nitrogen and oxygen atoms in total. The lowest BCUT2D eigenvalue weighted by atomic mass is 9.85. The molecule has 3 heterocycles. The van der Waals surface area contributed by atoms with E-state index in [1.165, 1.54) is 0 Å². The van der Waals surface area contributed by atoms with E-state index in [0.29, 0.717) is 5.92 Å². The molecule has 1 aliphatic heterocycles. The SMILES string of the molecule is Cc1ccc([C@H](C)CCN2CCC(O)(c3cccnc3)CC2)o1. The molecule has 0 saturated carbocycles. The van der Waals surface area contributed by atoms with Crippen LogP contribution >= 0.6 is 0 Å². The van der Waals surface area contributed by atoms with E-state index in [2.05, 4.69) is 22.9 Å². The molecule has 1 saturated heterocycles. The van der Waals surface area contributed by atoms with Gasteiger partial charge in [0.05, 0.1) is 5.60 Å². The number of aryl methyl sites for hydroxylation is 1. The first kappa shape index (κ1) is 16.2.